The highest BCUT2D eigenvalue weighted by Crippen LogP contribution is 2.38. The van der Waals surface area contributed by atoms with Gasteiger partial charge in [-0.3, -0.25) is 0 Å². The highest BCUT2D eigenvalue weighted by molar-refractivity contribution is 5.82. The third-order valence-electron chi connectivity index (χ3n) is 6.28. The summed E-state index contributed by atoms with van der Waals surface area (Å²) in [6.07, 6.45) is -2.27. The molecule has 2 unspecified atom stereocenters. The third-order valence-corrected chi connectivity index (χ3v) is 6.28. The lowest BCUT2D eigenvalue weighted by Gasteiger charge is -2.45. The molecular formula is C23H26F5N3O3. The second-order valence-corrected chi connectivity index (χ2v) is 9.07. The van der Waals surface area contributed by atoms with Gasteiger partial charge in [0.05, 0.1) is 26.1 Å². The maximum Gasteiger partial charge on any atom is 0.573 e. The lowest BCUT2D eigenvalue weighted by Crippen LogP contribution is -2.63. The number of ether oxygens (including phenoxy) is 2. The van der Waals surface area contributed by atoms with Crippen molar-refractivity contribution in [2.24, 2.45) is 16.8 Å². The Hall–Kier alpha value is -2.85. The molecule has 2 atom stereocenters. The topological polar surface area (TPSA) is 54.4 Å². The predicted octanol–water partition coefficient (Wildman–Crippen LogP) is 5.03. The molecule has 0 aromatic heterocycles. The Morgan fingerprint density at radius 2 is 1.74 bits per heavy atom. The zero-order valence-electron chi connectivity index (χ0n) is 18.7. The van der Waals surface area contributed by atoms with Gasteiger partial charge in [0.25, 0.3) is 5.92 Å². The Bertz CT molecular complexity index is 952. The zero-order valence-corrected chi connectivity index (χ0v) is 18.7. The lowest BCUT2D eigenvalue weighted by molar-refractivity contribution is -0.274. The van der Waals surface area contributed by atoms with Crippen LogP contribution in [0.2, 0.25) is 0 Å². The molecule has 11 heteroatoms. The number of hydrogen-bond acceptors (Lipinski definition) is 4. The fourth-order valence-electron chi connectivity index (χ4n) is 4.42. The van der Waals surface area contributed by atoms with E-state index in [1.54, 1.807) is 0 Å². The number of methoxy groups -OCH3 is 1. The van der Waals surface area contributed by atoms with Crippen LogP contribution in [0.4, 0.5) is 26.7 Å². The lowest BCUT2D eigenvalue weighted by atomic mass is 9.84. The minimum absolute atomic E-state index is 0.233. The average molecular weight is 487 g/mol. The van der Waals surface area contributed by atoms with Gasteiger partial charge in [0.2, 0.25) is 0 Å². The van der Waals surface area contributed by atoms with Crippen molar-refractivity contribution in [2.45, 2.75) is 37.5 Å². The molecule has 1 aromatic rings. The van der Waals surface area contributed by atoms with Gasteiger partial charge in [0.15, 0.2) is 5.90 Å². The van der Waals surface area contributed by atoms with Crippen LogP contribution in [0.3, 0.4) is 0 Å². The molecule has 2 heterocycles. The van der Waals surface area contributed by atoms with Gasteiger partial charge in [0, 0.05) is 30.6 Å². The fraction of sp³-hybridized carbons (Fsp3) is 0.565. The van der Waals surface area contributed by atoms with E-state index in [0.29, 0.717) is 29.5 Å². The number of rotatable bonds is 5. The minimum atomic E-state index is -4.80. The fourth-order valence-corrected chi connectivity index (χ4v) is 4.42. The van der Waals surface area contributed by atoms with Crippen LogP contribution in [-0.2, 0) is 4.74 Å². The monoisotopic (exact) mass is 487 g/mol. The number of nitrogens with zero attached hydrogens (tertiary/aromatic N) is 3. The number of allylic oxidation sites excluding steroid dienone is 1. The summed E-state index contributed by atoms with van der Waals surface area (Å²) in [7, 11) is 1.48. The number of alkyl halides is 5. The van der Waals surface area contributed by atoms with E-state index in [2.05, 4.69) is 16.3 Å². The number of benzene rings is 1. The Morgan fingerprint density at radius 1 is 1.09 bits per heavy atom. The van der Waals surface area contributed by atoms with Gasteiger partial charge in [-0.05, 0) is 37.0 Å². The van der Waals surface area contributed by atoms with Crippen LogP contribution < -0.4 is 4.74 Å². The smallest absolute Gasteiger partial charge is 0.484 e. The second-order valence-electron chi connectivity index (χ2n) is 9.07. The van der Waals surface area contributed by atoms with Crippen molar-refractivity contribution in [1.82, 2.24) is 9.80 Å². The average Bonchev–Trinajstić information content (AvgIpc) is 3.59. The van der Waals surface area contributed by atoms with E-state index in [-0.39, 0.29) is 30.7 Å². The predicted molar refractivity (Wildman–Crippen MR) is 114 cm³/mol. The summed E-state index contributed by atoms with van der Waals surface area (Å²) < 4.78 is 73.6. The third kappa shape index (κ3) is 5.79. The number of carbonyl (C=O) groups excluding carboxylic acids is 1. The van der Waals surface area contributed by atoms with Crippen molar-refractivity contribution in [3.8, 4) is 5.75 Å². The number of hydrogen-bond donors (Lipinski definition) is 0. The van der Waals surface area contributed by atoms with Gasteiger partial charge < -0.3 is 19.3 Å². The zero-order chi connectivity index (χ0) is 24.7. The molecular weight excluding hydrogens is 461 g/mol. The van der Waals surface area contributed by atoms with Crippen LogP contribution in [0, 0.1) is 11.8 Å². The number of aliphatic imine (C=N–C) groups is 1. The van der Waals surface area contributed by atoms with Gasteiger partial charge in [-0.2, -0.15) is 0 Å². The first-order valence-corrected chi connectivity index (χ1v) is 11.0. The Labute approximate surface area is 194 Å². The van der Waals surface area contributed by atoms with E-state index in [0.717, 1.165) is 17.7 Å². The Morgan fingerprint density at radius 3 is 2.26 bits per heavy atom. The van der Waals surface area contributed by atoms with E-state index >= 15 is 0 Å². The number of amides is 2. The van der Waals surface area contributed by atoms with Crippen molar-refractivity contribution in [3.63, 3.8) is 0 Å². The maximum atomic E-state index is 13.3. The van der Waals surface area contributed by atoms with Crippen LogP contribution >= 0.6 is 0 Å². The highest BCUT2D eigenvalue weighted by atomic mass is 19.4. The van der Waals surface area contributed by atoms with Gasteiger partial charge in [-0.15, -0.1) is 13.2 Å². The molecule has 3 fully saturated rings. The van der Waals surface area contributed by atoms with Crippen LogP contribution in [0.1, 0.15) is 30.7 Å². The summed E-state index contributed by atoms with van der Waals surface area (Å²) in [6.45, 7) is 3.19. The van der Waals surface area contributed by atoms with Crippen molar-refractivity contribution in [2.75, 3.05) is 33.3 Å². The van der Waals surface area contributed by atoms with Gasteiger partial charge in [0.1, 0.15) is 5.75 Å². The number of halogens is 5. The summed E-state index contributed by atoms with van der Waals surface area (Å²) >= 11 is 0. The van der Waals surface area contributed by atoms with Crippen LogP contribution in [-0.4, -0.2) is 67.3 Å². The highest BCUT2D eigenvalue weighted by Gasteiger charge is 2.48. The molecule has 186 valence electrons. The van der Waals surface area contributed by atoms with Crippen molar-refractivity contribution in [1.29, 1.82) is 0 Å². The SMILES string of the molecule is C=C(N=C(OC)C1CC(c2ccc(OC(F)(F)F)cc2)CN(C(=O)N2CC(F)(F)C2)C1)C1CC1. The molecule has 2 aliphatic heterocycles. The summed E-state index contributed by atoms with van der Waals surface area (Å²) in [5, 5.41) is 0. The quantitative estimate of drug-likeness (QED) is 0.333. The Balaban J connectivity index is 1.55. The molecule has 4 rings (SSSR count). The summed E-state index contributed by atoms with van der Waals surface area (Å²) in [6, 6.07) is 4.96. The molecule has 3 aliphatic rings. The van der Waals surface area contributed by atoms with Crippen LogP contribution in [0.5, 0.6) is 5.75 Å². The molecule has 1 aliphatic carbocycles. The Kier molecular flexibility index (Phi) is 6.48. The summed E-state index contributed by atoms with van der Waals surface area (Å²) in [5.74, 6) is -3.11. The maximum absolute atomic E-state index is 13.3. The molecule has 1 saturated carbocycles. The number of carbonyl (C=O) groups is 1. The molecule has 6 nitrogen and oxygen atoms in total. The normalized spacial score (nSPS) is 24.9. The molecule has 1 aromatic carbocycles. The van der Waals surface area contributed by atoms with E-state index in [9.17, 15) is 26.7 Å². The molecule has 0 radical (unpaired) electrons. The van der Waals surface area contributed by atoms with Gasteiger partial charge in [-0.1, -0.05) is 18.7 Å². The van der Waals surface area contributed by atoms with E-state index in [1.165, 1.54) is 36.3 Å². The van der Waals surface area contributed by atoms with Gasteiger partial charge >= 0.3 is 12.4 Å². The first-order chi connectivity index (χ1) is 15.9. The minimum Gasteiger partial charge on any atom is -0.484 e. The second kappa shape index (κ2) is 9.07. The van der Waals surface area contributed by atoms with E-state index < -0.39 is 31.4 Å². The molecule has 34 heavy (non-hydrogen) atoms. The van der Waals surface area contributed by atoms with Crippen LogP contribution in [0.25, 0.3) is 0 Å². The van der Waals surface area contributed by atoms with E-state index in [1.807, 2.05) is 0 Å². The largest absolute Gasteiger partial charge is 0.573 e. The van der Waals surface area contributed by atoms with Crippen molar-refractivity contribution >= 4 is 11.9 Å². The van der Waals surface area contributed by atoms with Gasteiger partial charge in [-0.25, -0.2) is 18.6 Å². The first kappa shape index (κ1) is 24.3. The van der Waals surface area contributed by atoms with E-state index in [4.69, 9.17) is 4.74 Å². The summed E-state index contributed by atoms with van der Waals surface area (Å²) in [5.41, 5.74) is 1.40. The molecule has 0 N–H and O–H groups in total. The standard InChI is InChI=1S/C23H26F5N3O3/c1-14(15-3-4-15)29-20(33-2)18-9-17(16-5-7-19(8-6-16)34-23(26,27)28)10-30(11-18)21(32)31-12-22(24,25)13-31/h5-8,15,17-18H,1,3-4,9-13H2,2H3. The molecule has 0 spiro atoms. The number of piperidine rings is 1. The van der Waals surface area contributed by atoms with Crippen molar-refractivity contribution < 1.29 is 36.2 Å². The summed E-state index contributed by atoms with van der Waals surface area (Å²) in [4.78, 5) is 20.0. The van der Waals surface area contributed by atoms with Crippen molar-refractivity contribution in [3.05, 3.63) is 42.1 Å². The molecule has 0 bridgehead atoms. The number of urea groups is 1. The number of likely N-dealkylation sites (tertiary alicyclic amines) is 2. The molecule has 2 amide bonds. The molecule has 2 saturated heterocycles. The first-order valence-electron chi connectivity index (χ1n) is 11.0. The van der Waals surface area contributed by atoms with Crippen LogP contribution in [0.15, 0.2) is 41.5 Å².